The molecule has 0 aliphatic heterocycles. The Labute approximate surface area is 108 Å². The molecule has 0 unspecified atom stereocenters. The number of aryl methyl sites for hydroxylation is 1. The molecule has 0 radical (unpaired) electrons. The van der Waals surface area contributed by atoms with Crippen molar-refractivity contribution in [3.63, 3.8) is 0 Å². The summed E-state index contributed by atoms with van der Waals surface area (Å²) in [5.74, 6) is 0.841. The fourth-order valence-corrected chi connectivity index (χ4v) is 3.37. The molecule has 17 heavy (non-hydrogen) atoms. The van der Waals surface area contributed by atoms with E-state index in [0.29, 0.717) is 0 Å². The Hall–Kier alpha value is -1.39. The summed E-state index contributed by atoms with van der Waals surface area (Å²) in [4.78, 5) is 7.23. The summed E-state index contributed by atoms with van der Waals surface area (Å²) >= 11 is 3.43. The van der Waals surface area contributed by atoms with Gasteiger partial charge in [-0.15, -0.1) is 22.7 Å². The minimum absolute atomic E-state index is 0.841. The molecule has 0 aliphatic carbocycles. The minimum atomic E-state index is 0.841. The van der Waals surface area contributed by atoms with Crippen LogP contribution in [0.15, 0.2) is 40.3 Å². The Balaban J connectivity index is 1.94. The normalized spacial score (nSPS) is 10.9. The highest BCUT2D eigenvalue weighted by Crippen LogP contribution is 2.32. The van der Waals surface area contributed by atoms with Gasteiger partial charge in [-0.05, 0) is 30.7 Å². The molecule has 86 valence electrons. The zero-order valence-corrected chi connectivity index (χ0v) is 11.0. The standard InChI is InChI=1S/C13H11NOS2/c1-2-9-5-6-12(17-9)10-8-16-13(14-10)11-4-3-7-15-11/h3-8H,2H2,1H3. The van der Waals surface area contributed by atoms with Gasteiger partial charge in [-0.2, -0.15) is 0 Å². The van der Waals surface area contributed by atoms with E-state index in [9.17, 15) is 0 Å². The van der Waals surface area contributed by atoms with Crippen molar-refractivity contribution >= 4 is 22.7 Å². The van der Waals surface area contributed by atoms with Crippen LogP contribution >= 0.6 is 22.7 Å². The van der Waals surface area contributed by atoms with Crippen LogP contribution in [0.25, 0.3) is 21.3 Å². The van der Waals surface area contributed by atoms with Crippen LogP contribution in [-0.2, 0) is 6.42 Å². The number of hydrogen-bond donors (Lipinski definition) is 0. The molecule has 3 rings (SSSR count). The van der Waals surface area contributed by atoms with Gasteiger partial charge in [0.15, 0.2) is 10.8 Å². The first kappa shape index (κ1) is 10.7. The average molecular weight is 261 g/mol. The molecule has 0 N–H and O–H groups in total. The molecule has 0 spiro atoms. The van der Waals surface area contributed by atoms with Crippen LogP contribution in [0.5, 0.6) is 0 Å². The molecule has 0 atom stereocenters. The van der Waals surface area contributed by atoms with Crippen LogP contribution in [0.1, 0.15) is 11.8 Å². The average Bonchev–Trinajstić information content (AvgIpc) is 3.09. The zero-order chi connectivity index (χ0) is 11.7. The lowest BCUT2D eigenvalue weighted by Crippen LogP contribution is -1.73. The highest BCUT2D eigenvalue weighted by Gasteiger charge is 2.09. The lowest BCUT2D eigenvalue weighted by Gasteiger charge is -1.89. The van der Waals surface area contributed by atoms with Gasteiger partial charge in [0, 0.05) is 10.3 Å². The lowest BCUT2D eigenvalue weighted by atomic mass is 10.3. The Kier molecular flexibility index (Phi) is 2.82. The molecule has 0 saturated heterocycles. The minimum Gasteiger partial charge on any atom is -0.462 e. The van der Waals surface area contributed by atoms with E-state index in [1.165, 1.54) is 9.75 Å². The third-order valence-corrected chi connectivity index (χ3v) is 4.61. The molecule has 0 aliphatic rings. The number of aromatic nitrogens is 1. The molecule has 3 heterocycles. The van der Waals surface area contributed by atoms with Crippen molar-refractivity contribution in [1.29, 1.82) is 0 Å². The van der Waals surface area contributed by atoms with Crippen molar-refractivity contribution in [2.45, 2.75) is 13.3 Å². The van der Waals surface area contributed by atoms with E-state index in [-0.39, 0.29) is 0 Å². The second-order valence-electron chi connectivity index (χ2n) is 3.63. The molecular weight excluding hydrogens is 250 g/mol. The summed E-state index contributed by atoms with van der Waals surface area (Å²) in [6.07, 6.45) is 2.76. The third kappa shape index (κ3) is 2.06. The maximum atomic E-state index is 5.35. The van der Waals surface area contributed by atoms with Gasteiger partial charge in [0.25, 0.3) is 0 Å². The van der Waals surface area contributed by atoms with Gasteiger partial charge in [0.2, 0.25) is 0 Å². The van der Waals surface area contributed by atoms with E-state index < -0.39 is 0 Å². The quantitative estimate of drug-likeness (QED) is 0.683. The number of hydrogen-bond acceptors (Lipinski definition) is 4. The lowest BCUT2D eigenvalue weighted by molar-refractivity contribution is 0.582. The summed E-state index contributed by atoms with van der Waals surface area (Å²) in [6.45, 7) is 2.17. The van der Waals surface area contributed by atoms with E-state index in [1.807, 2.05) is 23.5 Å². The molecule has 2 nitrogen and oxygen atoms in total. The highest BCUT2D eigenvalue weighted by atomic mass is 32.1. The number of nitrogens with zero attached hydrogens (tertiary/aromatic N) is 1. The van der Waals surface area contributed by atoms with Crippen LogP contribution in [-0.4, -0.2) is 4.98 Å². The fraction of sp³-hybridized carbons (Fsp3) is 0.154. The van der Waals surface area contributed by atoms with Crippen molar-refractivity contribution in [3.8, 4) is 21.3 Å². The summed E-state index contributed by atoms with van der Waals surface area (Å²) in [6, 6.07) is 8.14. The summed E-state index contributed by atoms with van der Waals surface area (Å²) in [5.41, 5.74) is 1.05. The molecule has 3 aromatic heterocycles. The van der Waals surface area contributed by atoms with Crippen molar-refractivity contribution in [1.82, 2.24) is 4.98 Å². The topological polar surface area (TPSA) is 26.0 Å². The SMILES string of the molecule is CCc1ccc(-c2csc(-c3ccco3)n2)s1. The number of furan rings is 1. The molecule has 0 saturated carbocycles. The second-order valence-corrected chi connectivity index (χ2v) is 5.66. The highest BCUT2D eigenvalue weighted by molar-refractivity contribution is 7.16. The van der Waals surface area contributed by atoms with Crippen molar-refractivity contribution in [2.24, 2.45) is 0 Å². The van der Waals surface area contributed by atoms with E-state index in [2.05, 4.69) is 29.4 Å². The van der Waals surface area contributed by atoms with Gasteiger partial charge < -0.3 is 4.42 Å². The first-order chi connectivity index (χ1) is 8.36. The molecule has 4 heteroatoms. The Bertz CT molecular complexity index is 607. The Morgan fingerprint density at radius 2 is 2.24 bits per heavy atom. The van der Waals surface area contributed by atoms with E-state index in [0.717, 1.165) is 22.9 Å². The molecule has 0 aromatic carbocycles. The van der Waals surface area contributed by atoms with Crippen LogP contribution in [0.2, 0.25) is 0 Å². The molecular formula is C13H11NOS2. The van der Waals surface area contributed by atoms with E-state index in [1.54, 1.807) is 17.6 Å². The van der Waals surface area contributed by atoms with Gasteiger partial charge >= 0.3 is 0 Å². The summed E-state index contributed by atoms with van der Waals surface area (Å²) in [5, 5.41) is 3.03. The van der Waals surface area contributed by atoms with Crippen molar-refractivity contribution in [2.75, 3.05) is 0 Å². The van der Waals surface area contributed by atoms with Crippen molar-refractivity contribution in [3.05, 3.63) is 40.8 Å². The second kappa shape index (κ2) is 4.47. The number of thiazole rings is 1. The van der Waals surface area contributed by atoms with E-state index >= 15 is 0 Å². The van der Waals surface area contributed by atoms with Gasteiger partial charge in [0.05, 0.1) is 16.8 Å². The van der Waals surface area contributed by atoms with Crippen LogP contribution in [0.4, 0.5) is 0 Å². The van der Waals surface area contributed by atoms with Crippen LogP contribution < -0.4 is 0 Å². The fourth-order valence-electron chi connectivity index (χ4n) is 1.61. The molecule has 3 aromatic rings. The Morgan fingerprint density at radius 3 is 2.94 bits per heavy atom. The number of rotatable bonds is 3. The monoisotopic (exact) mass is 261 g/mol. The number of thiophene rings is 1. The molecule has 0 amide bonds. The third-order valence-electron chi connectivity index (χ3n) is 2.50. The van der Waals surface area contributed by atoms with E-state index in [4.69, 9.17) is 4.42 Å². The maximum Gasteiger partial charge on any atom is 0.162 e. The molecule has 0 fully saturated rings. The largest absolute Gasteiger partial charge is 0.462 e. The van der Waals surface area contributed by atoms with Gasteiger partial charge in [-0.1, -0.05) is 6.92 Å². The van der Waals surface area contributed by atoms with Crippen LogP contribution in [0.3, 0.4) is 0 Å². The Morgan fingerprint density at radius 1 is 1.29 bits per heavy atom. The summed E-state index contributed by atoms with van der Waals surface area (Å²) in [7, 11) is 0. The van der Waals surface area contributed by atoms with Gasteiger partial charge in [-0.3, -0.25) is 0 Å². The zero-order valence-electron chi connectivity index (χ0n) is 9.34. The molecule has 0 bridgehead atoms. The van der Waals surface area contributed by atoms with Gasteiger partial charge in [-0.25, -0.2) is 4.98 Å². The predicted molar refractivity (Wildman–Crippen MR) is 72.5 cm³/mol. The first-order valence-electron chi connectivity index (χ1n) is 5.45. The first-order valence-corrected chi connectivity index (χ1v) is 7.15. The van der Waals surface area contributed by atoms with Gasteiger partial charge in [0.1, 0.15) is 0 Å². The van der Waals surface area contributed by atoms with Crippen molar-refractivity contribution < 1.29 is 4.42 Å². The maximum absolute atomic E-state index is 5.35. The smallest absolute Gasteiger partial charge is 0.162 e. The summed E-state index contributed by atoms with van der Waals surface area (Å²) < 4.78 is 5.35. The van der Waals surface area contributed by atoms with Crippen LogP contribution in [0, 0.1) is 0 Å². The predicted octanol–water partition coefficient (Wildman–Crippen LogP) is 4.69.